The Morgan fingerprint density at radius 3 is 2.03 bits per heavy atom. The summed E-state index contributed by atoms with van der Waals surface area (Å²) >= 11 is 0. The molecule has 1 amide bonds. The molecule has 2 aromatic rings. The molecule has 0 atom stereocenters. The average Bonchev–Trinajstić information content (AvgIpc) is 2.80. The van der Waals surface area contributed by atoms with Gasteiger partial charge in [-0.15, -0.1) is 0 Å². The van der Waals surface area contributed by atoms with Crippen molar-refractivity contribution in [3.05, 3.63) is 64.2 Å². The monoisotopic (exact) mass is 483 g/mol. The number of hydrogen-bond donors (Lipinski definition) is 0. The van der Waals surface area contributed by atoms with Crippen LogP contribution in [-0.4, -0.2) is 67.7 Å². The lowest BCUT2D eigenvalue weighted by molar-refractivity contribution is -0.138. The number of amides is 1. The number of sulfonamides is 1. The smallest absolute Gasteiger partial charge is 0.243 e. The zero-order valence-electron chi connectivity index (χ0n) is 20.9. The highest BCUT2D eigenvalue weighted by Gasteiger charge is 2.35. The van der Waals surface area contributed by atoms with E-state index in [2.05, 4.69) is 36.1 Å². The Bertz CT molecular complexity index is 1120. The van der Waals surface area contributed by atoms with Crippen LogP contribution < -0.4 is 0 Å². The van der Waals surface area contributed by atoms with Gasteiger partial charge in [0.05, 0.1) is 4.90 Å². The zero-order valence-corrected chi connectivity index (χ0v) is 21.7. The van der Waals surface area contributed by atoms with Gasteiger partial charge in [0.1, 0.15) is 0 Å². The third-order valence-electron chi connectivity index (χ3n) is 7.34. The second-order valence-electron chi connectivity index (χ2n) is 9.93. The standard InChI is InChI=1S/C27H37N3O3S/c1-20-17-22(3)26(23(4)18-20)34(32,33)30-11-9-24(10-12-30)27(31)29-15-13-28(14-16-29)19-25-8-6-5-7-21(25)2/h5-8,17-18,24H,9-16,19H2,1-4H3. The third-order valence-corrected chi connectivity index (χ3v) is 9.55. The summed E-state index contributed by atoms with van der Waals surface area (Å²) in [6.07, 6.45) is 1.18. The summed E-state index contributed by atoms with van der Waals surface area (Å²) in [4.78, 5) is 18.0. The molecule has 2 aromatic carbocycles. The lowest BCUT2D eigenvalue weighted by Crippen LogP contribution is -2.51. The molecular formula is C27H37N3O3S. The number of carbonyl (C=O) groups is 1. The number of piperidine rings is 1. The van der Waals surface area contributed by atoms with E-state index in [1.54, 1.807) is 4.31 Å². The third kappa shape index (κ3) is 5.21. The Balaban J connectivity index is 1.32. The maximum Gasteiger partial charge on any atom is 0.243 e. The van der Waals surface area contributed by atoms with Crippen molar-refractivity contribution in [1.82, 2.24) is 14.1 Å². The van der Waals surface area contributed by atoms with Gasteiger partial charge in [0.2, 0.25) is 15.9 Å². The van der Waals surface area contributed by atoms with Gasteiger partial charge < -0.3 is 4.90 Å². The van der Waals surface area contributed by atoms with E-state index in [4.69, 9.17) is 0 Å². The Morgan fingerprint density at radius 1 is 0.853 bits per heavy atom. The van der Waals surface area contributed by atoms with E-state index in [1.807, 2.05) is 37.8 Å². The molecule has 7 heteroatoms. The van der Waals surface area contributed by atoms with Gasteiger partial charge in [-0.3, -0.25) is 9.69 Å². The largest absolute Gasteiger partial charge is 0.340 e. The van der Waals surface area contributed by atoms with Crippen LogP contribution in [0.4, 0.5) is 0 Å². The second-order valence-corrected chi connectivity index (χ2v) is 11.8. The number of nitrogens with zero attached hydrogens (tertiary/aromatic N) is 3. The first-order valence-corrected chi connectivity index (χ1v) is 13.7. The topological polar surface area (TPSA) is 60.9 Å². The van der Waals surface area contributed by atoms with Crippen LogP contribution in [0.15, 0.2) is 41.3 Å². The highest BCUT2D eigenvalue weighted by molar-refractivity contribution is 7.89. The quantitative estimate of drug-likeness (QED) is 0.651. The van der Waals surface area contributed by atoms with Crippen molar-refractivity contribution >= 4 is 15.9 Å². The van der Waals surface area contributed by atoms with E-state index in [0.717, 1.165) is 49.4 Å². The molecule has 34 heavy (non-hydrogen) atoms. The Kier molecular flexibility index (Phi) is 7.45. The molecule has 2 saturated heterocycles. The summed E-state index contributed by atoms with van der Waals surface area (Å²) in [5.74, 6) is 0.102. The minimum Gasteiger partial charge on any atom is -0.340 e. The molecule has 0 aromatic heterocycles. The van der Waals surface area contributed by atoms with Crippen LogP contribution in [0, 0.1) is 33.6 Å². The molecule has 2 aliphatic rings. The second kappa shape index (κ2) is 10.2. The van der Waals surface area contributed by atoms with Gasteiger partial charge >= 0.3 is 0 Å². The van der Waals surface area contributed by atoms with Crippen molar-refractivity contribution in [3.8, 4) is 0 Å². The van der Waals surface area contributed by atoms with E-state index in [-0.39, 0.29) is 11.8 Å². The fourth-order valence-corrected chi connectivity index (χ4v) is 7.34. The van der Waals surface area contributed by atoms with Gasteiger partial charge in [-0.05, 0) is 62.8 Å². The molecule has 0 radical (unpaired) electrons. The van der Waals surface area contributed by atoms with Crippen LogP contribution in [0.3, 0.4) is 0 Å². The predicted molar refractivity (Wildman–Crippen MR) is 135 cm³/mol. The molecule has 2 fully saturated rings. The lowest BCUT2D eigenvalue weighted by atomic mass is 9.96. The van der Waals surface area contributed by atoms with Crippen molar-refractivity contribution in [2.75, 3.05) is 39.3 Å². The Labute approximate surface area is 204 Å². The average molecular weight is 484 g/mol. The molecule has 0 saturated carbocycles. The fourth-order valence-electron chi connectivity index (χ4n) is 5.46. The van der Waals surface area contributed by atoms with Crippen LogP contribution in [-0.2, 0) is 21.4 Å². The summed E-state index contributed by atoms with van der Waals surface area (Å²) in [5.41, 5.74) is 5.30. The van der Waals surface area contributed by atoms with E-state index in [0.29, 0.717) is 30.8 Å². The predicted octanol–water partition coefficient (Wildman–Crippen LogP) is 3.67. The van der Waals surface area contributed by atoms with Crippen molar-refractivity contribution in [1.29, 1.82) is 0 Å². The number of aryl methyl sites for hydroxylation is 4. The SMILES string of the molecule is Cc1cc(C)c(S(=O)(=O)N2CCC(C(=O)N3CCN(Cc4ccccc4C)CC3)CC2)c(C)c1. The fraction of sp³-hybridized carbons (Fsp3) is 0.519. The van der Waals surface area contributed by atoms with Crippen LogP contribution in [0.5, 0.6) is 0 Å². The molecule has 0 spiro atoms. The van der Waals surface area contributed by atoms with E-state index in [9.17, 15) is 13.2 Å². The van der Waals surface area contributed by atoms with Crippen LogP contribution >= 0.6 is 0 Å². The number of carbonyl (C=O) groups excluding carboxylic acids is 1. The first kappa shape index (κ1) is 24.9. The van der Waals surface area contributed by atoms with Gasteiger partial charge in [0.15, 0.2) is 0 Å². The summed E-state index contributed by atoms with van der Waals surface area (Å²) in [7, 11) is -3.55. The van der Waals surface area contributed by atoms with Crippen LogP contribution in [0.2, 0.25) is 0 Å². The van der Waals surface area contributed by atoms with Crippen LogP contribution in [0.25, 0.3) is 0 Å². The minimum atomic E-state index is -3.55. The summed E-state index contributed by atoms with van der Waals surface area (Å²) in [6, 6.07) is 12.3. The van der Waals surface area contributed by atoms with Crippen LogP contribution in [0.1, 0.15) is 40.7 Å². The number of benzene rings is 2. The molecule has 184 valence electrons. The number of hydrogen-bond acceptors (Lipinski definition) is 4. The summed E-state index contributed by atoms with van der Waals surface area (Å²) in [5, 5.41) is 0. The van der Waals surface area contributed by atoms with E-state index in [1.165, 1.54) is 11.1 Å². The molecule has 0 unspecified atom stereocenters. The summed E-state index contributed by atoms with van der Waals surface area (Å²) < 4.78 is 28.3. The molecule has 2 heterocycles. The molecule has 4 rings (SSSR count). The maximum absolute atomic E-state index is 13.4. The Hall–Kier alpha value is -2.22. The van der Waals surface area contributed by atoms with Gasteiger partial charge in [0.25, 0.3) is 0 Å². The van der Waals surface area contributed by atoms with Crippen molar-refractivity contribution in [2.45, 2.75) is 52.0 Å². The lowest BCUT2D eigenvalue weighted by Gasteiger charge is -2.38. The highest BCUT2D eigenvalue weighted by atomic mass is 32.2. The molecule has 2 aliphatic heterocycles. The minimum absolute atomic E-state index is 0.0884. The van der Waals surface area contributed by atoms with Gasteiger partial charge in [0, 0.05) is 51.7 Å². The van der Waals surface area contributed by atoms with Crippen molar-refractivity contribution in [2.24, 2.45) is 5.92 Å². The zero-order chi connectivity index (χ0) is 24.5. The maximum atomic E-state index is 13.4. The number of piperazine rings is 1. The molecule has 0 bridgehead atoms. The van der Waals surface area contributed by atoms with Gasteiger partial charge in [-0.2, -0.15) is 4.31 Å². The Morgan fingerprint density at radius 2 is 1.44 bits per heavy atom. The van der Waals surface area contributed by atoms with Gasteiger partial charge in [-0.25, -0.2) is 8.42 Å². The molecule has 0 N–H and O–H groups in total. The number of rotatable bonds is 5. The van der Waals surface area contributed by atoms with E-state index < -0.39 is 10.0 Å². The normalized spacial score (nSPS) is 18.9. The summed E-state index contributed by atoms with van der Waals surface area (Å²) in [6.45, 7) is 12.8. The van der Waals surface area contributed by atoms with Crippen molar-refractivity contribution < 1.29 is 13.2 Å². The highest BCUT2D eigenvalue weighted by Crippen LogP contribution is 2.29. The van der Waals surface area contributed by atoms with E-state index >= 15 is 0 Å². The van der Waals surface area contributed by atoms with Gasteiger partial charge in [-0.1, -0.05) is 42.0 Å². The first-order chi connectivity index (χ1) is 16.2. The van der Waals surface area contributed by atoms with Crippen molar-refractivity contribution in [3.63, 3.8) is 0 Å². The molecule has 0 aliphatic carbocycles. The molecule has 6 nitrogen and oxygen atoms in total. The first-order valence-electron chi connectivity index (χ1n) is 12.3. The molecular weight excluding hydrogens is 446 g/mol.